The van der Waals surface area contributed by atoms with Gasteiger partial charge in [0.2, 0.25) is 0 Å². The van der Waals surface area contributed by atoms with Crippen molar-refractivity contribution >= 4 is 0 Å². The van der Waals surface area contributed by atoms with Crippen LogP contribution < -0.4 is 0 Å². The summed E-state index contributed by atoms with van der Waals surface area (Å²) in [6, 6.07) is 6.76. The van der Waals surface area contributed by atoms with Gasteiger partial charge in [-0.3, -0.25) is 0 Å². The maximum absolute atomic E-state index is 4.65. The molecule has 1 heterocycles. The van der Waals surface area contributed by atoms with Crippen LogP contribution in [-0.4, -0.2) is 9.97 Å². The summed E-state index contributed by atoms with van der Waals surface area (Å²) in [5.41, 5.74) is 5.44. The summed E-state index contributed by atoms with van der Waals surface area (Å²) in [5.74, 6) is 1.64. The lowest BCUT2D eigenvalue weighted by Gasteiger charge is -2.06. The van der Waals surface area contributed by atoms with Gasteiger partial charge in [0.05, 0.1) is 0 Å². The number of aryl methyl sites for hydroxylation is 1. The molecular weight excluding hydrogens is 340 g/mol. The van der Waals surface area contributed by atoms with E-state index in [0.717, 1.165) is 18.2 Å². The third kappa shape index (κ3) is 6.43. The lowest BCUT2D eigenvalue weighted by atomic mass is 10.0. The molecule has 2 aromatic rings. The minimum atomic E-state index is 0.773. The first-order valence-electron chi connectivity index (χ1n) is 11.7. The molecule has 0 fully saturated rings. The van der Waals surface area contributed by atoms with Gasteiger partial charge in [-0.1, -0.05) is 83.8 Å². The molecule has 1 aliphatic rings. The average Bonchev–Trinajstić information content (AvgIpc) is 3.09. The van der Waals surface area contributed by atoms with Crippen LogP contribution in [0.4, 0.5) is 0 Å². The molecule has 0 saturated carbocycles. The third-order valence-corrected chi connectivity index (χ3v) is 6.13. The van der Waals surface area contributed by atoms with Gasteiger partial charge in [-0.15, -0.1) is 0 Å². The second kappa shape index (κ2) is 11.3. The van der Waals surface area contributed by atoms with E-state index in [0.29, 0.717) is 0 Å². The highest BCUT2D eigenvalue weighted by Gasteiger charge is 2.18. The number of rotatable bonds is 12. The second-order valence-electron chi connectivity index (χ2n) is 8.84. The van der Waals surface area contributed by atoms with Gasteiger partial charge in [0.15, 0.2) is 5.82 Å². The first kappa shape index (κ1) is 21.0. The molecule has 0 bridgehead atoms. The highest BCUT2D eigenvalue weighted by atomic mass is 14.9. The number of unbranched alkanes of at least 4 members (excludes halogenated alkanes) is 9. The first-order valence-corrected chi connectivity index (χ1v) is 11.7. The van der Waals surface area contributed by atoms with Crippen LogP contribution >= 0.6 is 0 Å². The Kier molecular flexibility index (Phi) is 8.51. The summed E-state index contributed by atoms with van der Waals surface area (Å²) in [6.45, 7) is 4.62. The van der Waals surface area contributed by atoms with Crippen molar-refractivity contribution in [3.05, 3.63) is 47.3 Å². The zero-order chi connectivity index (χ0) is 19.6. The van der Waals surface area contributed by atoms with Gasteiger partial charge in [-0.2, -0.15) is 0 Å². The number of hydrogen-bond donors (Lipinski definition) is 0. The number of aromatic nitrogens is 2. The van der Waals surface area contributed by atoms with Gasteiger partial charge in [0, 0.05) is 18.0 Å². The smallest absolute Gasteiger partial charge is 0.159 e. The molecule has 2 heteroatoms. The maximum atomic E-state index is 4.65. The number of benzene rings is 1. The Morgan fingerprint density at radius 3 is 2.07 bits per heavy atom. The van der Waals surface area contributed by atoms with Crippen molar-refractivity contribution in [1.82, 2.24) is 9.97 Å². The Labute approximate surface area is 172 Å². The second-order valence-corrected chi connectivity index (χ2v) is 8.84. The summed E-state index contributed by atoms with van der Waals surface area (Å²) in [4.78, 5) is 9.29. The predicted octanol–water partition coefficient (Wildman–Crippen LogP) is 7.34. The first-order chi connectivity index (χ1) is 13.8. The molecule has 0 spiro atoms. The van der Waals surface area contributed by atoms with E-state index in [2.05, 4.69) is 42.0 Å². The highest BCUT2D eigenvalue weighted by molar-refractivity contribution is 5.58. The number of nitrogens with zero attached hydrogens (tertiary/aromatic N) is 2. The van der Waals surface area contributed by atoms with Crippen LogP contribution in [0.1, 0.15) is 94.7 Å². The monoisotopic (exact) mass is 378 g/mol. The third-order valence-electron chi connectivity index (χ3n) is 6.13. The van der Waals surface area contributed by atoms with Crippen LogP contribution in [0.5, 0.6) is 0 Å². The molecule has 0 aliphatic heterocycles. The molecule has 0 amide bonds. The van der Waals surface area contributed by atoms with E-state index in [4.69, 9.17) is 0 Å². The van der Waals surface area contributed by atoms with E-state index in [1.165, 1.54) is 99.3 Å². The van der Waals surface area contributed by atoms with Gasteiger partial charge in [-0.25, -0.2) is 9.97 Å². The molecule has 3 rings (SSSR count). The SMILES string of the molecule is CCCCCCCCCCCCc1cnc(-c2ccc3c(c2)CC(C)C3)nc1. The Morgan fingerprint density at radius 2 is 1.39 bits per heavy atom. The van der Waals surface area contributed by atoms with E-state index in [1.54, 1.807) is 0 Å². The zero-order valence-corrected chi connectivity index (χ0v) is 18.1. The molecule has 1 aromatic heterocycles. The fourth-order valence-electron chi connectivity index (χ4n) is 4.43. The topological polar surface area (TPSA) is 25.8 Å². The lowest BCUT2D eigenvalue weighted by molar-refractivity contribution is 0.556. The van der Waals surface area contributed by atoms with Crippen molar-refractivity contribution in [3.63, 3.8) is 0 Å². The van der Waals surface area contributed by atoms with Crippen molar-refractivity contribution in [3.8, 4) is 11.4 Å². The fourth-order valence-corrected chi connectivity index (χ4v) is 4.43. The Hall–Kier alpha value is -1.70. The largest absolute Gasteiger partial charge is 0.236 e. The molecule has 28 heavy (non-hydrogen) atoms. The van der Waals surface area contributed by atoms with Crippen LogP contribution in [0.15, 0.2) is 30.6 Å². The summed E-state index contributed by atoms with van der Waals surface area (Å²) in [5, 5.41) is 0. The van der Waals surface area contributed by atoms with E-state index < -0.39 is 0 Å². The molecular formula is C26H38N2. The van der Waals surface area contributed by atoms with Crippen LogP contribution in [-0.2, 0) is 19.3 Å². The minimum absolute atomic E-state index is 0.773. The standard InChI is InChI=1S/C26H38N2/c1-3-4-5-6-7-8-9-10-11-12-13-22-19-27-26(28-20-22)24-15-14-23-16-21(2)17-25(23)18-24/h14-15,18-21H,3-13,16-17H2,1-2H3. The Morgan fingerprint density at radius 1 is 0.786 bits per heavy atom. The van der Waals surface area contributed by atoms with Crippen molar-refractivity contribution in [1.29, 1.82) is 0 Å². The van der Waals surface area contributed by atoms with E-state index >= 15 is 0 Å². The van der Waals surface area contributed by atoms with E-state index in [-0.39, 0.29) is 0 Å². The predicted molar refractivity (Wildman–Crippen MR) is 120 cm³/mol. The quantitative estimate of drug-likeness (QED) is 0.361. The van der Waals surface area contributed by atoms with Crippen molar-refractivity contribution < 1.29 is 0 Å². The summed E-state index contributed by atoms with van der Waals surface area (Å²) >= 11 is 0. The molecule has 1 aromatic carbocycles. The van der Waals surface area contributed by atoms with Gasteiger partial charge in [0.25, 0.3) is 0 Å². The minimum Gasteiger partial charge on any atom is -0.236 e. The molecule has 2 nitrogen and oxygen atoms in total. The maximum Gasteiger partial charge on any atom is 0.159 e. The van der Waals surface area contributed by atoms with E-state index in [9.17, 15) is 0 Å². The molecule has 0 saturated heterocycles. The summed E-state index contributed by atoms with van der Waals surface area (Å²) in [7, 11) is 0. The normalized spacial score (nSPS) is 15.7. The van der Waals surface area contributed by atoms with Gasteiger partial charge in [0.1, 0.15) is 0 Å². The molecule has 0 radical (unpaired) electrons. The molecule has 0 N–H and O–H groups in total. The number of hydrogen-bond acceptors (Lipinski definition) is 2. The Bertz CT molecular complexity index is 705. The molecule has 1 aliphatic carbocycles. The van der Waals surface area contributed by atoms with Crippen molar-refractivity contribution in [2.75, 3.05) is 0 Å². The average molecular weight is 379 g/mol. The van der Waals surface area contributed by atoms with Crippen LogP contribution in [0.2, 0.25) is 0 Å². The van der Waals surface area contributed by atoms with E-state index in [1.807, 2.05) is 12.4 Å². The summed E-state index contributed by atoms with van der Waals surface area (Å²) in [6.07, 6.45) is 21.4. The lowest BCUT2D eigenvalue weighted by Crippen LogP contribution is -1.94. The Balaban J connectivity index is 1.35. The summed E-state index contributed by atoms with van der Waals surface area (Å²) < 4.78 is 0. The van der Waals surface area contributed by atoms with Crippen molar-refractivity contribution in [2.24, 2.45) is 5.92 Å². The molecule has 152 valence electrons. The zero-order valence-electron chi connectivity index (χ0n) is 18.1. The molecule has 1 unspecified atom stereocenters. The van der Waals surface area contributed by atoms with Gasteiger partial charge < -0.3 is 0 Å². The van der Waals surface area contributed by atoms with Crippen LogP contribution in [0.3, 0.4) is 0 Å². The number of fused-ring (bicyclic) bond motifs is 1. The fraction of sp³-hybridized carbons (Fsp3) is 0.615. The highest BCUT2D eigenvalue weighted by Crippen LogP contribution is 2.29. The van der Waals surface area contributed by atoms with Crippen LogP contribution in [0.25, 0.3) is 11.4 Å². The van der Waals surface area contributed by atoms with Gasteiger partial charge >= 0.3 is 0 Å². The van der Waals surface area contributed by atoms with Gasteiger partial charge in [-0.05, 0) is 54.4 Å². The molecule has 1 atom stereocenters. The van der Waals surface area contributed by atoms with Crippen LogP contribution in [0, 0.1) is 5.92 Å². The van der Waals surface area contributed by atoms with Crippen molar-refractivity contribution in [2.45, 2.75) is 97.3 Å².